The molecule has 0 rings (SSSR count). The molecule has 0 radical (unpaired) electrons. The molecule has 0 heterocycles. The molecule has 69 heavy (non-hydrogen) atoms. The lowest BCUT2D eigenvalue weighted by molar-refractivity contribution is -0.0836. The van der Waals surface area contributed by atoms with E-state index in [9.17, 15) is 0 Å². The summed E-state index contributed by atoms with van der Waals surface area (Å²) in [5.74, 6) is 0. The summed E-state index contributed by atoms with van der Waals surface area (Å²) in [6, 6.07) is 0. The molecule has 0 saturated heterocycles. The molecule has 0 spiro atoms. The Bertz CT molecular complexity index is 1140. The van der Waals surface area contributed by atoms with Crippen molar-refractivity contribution in [3.05, 3.63) is 72.9 Å². The van der Waals surface area contributed by atoms with Crippen molar-refractivity contribution in [3.63, 3.8) is 0 Å². The van der Waals surface area contributed by atoms with Crippen molar-refractivity contribution < 1.29 is 18.9 Å². The van der Waals surface area contributed by atoms with E-state index in [4.69, 9.17) is 18.9 Å². The highest BCUT2D eigenvalue weighted by Gasteiger charge is 2.15. The van der Waals surface area contributed by atoms with Gasteiger partial charge in [0.2, 0.25) is 0 Å². The Morgan fingerprint density at radius 2 is 0.594 bits per heavy atom. The number of hydrogen-bond donors (Lipinski definition) is 0. The summed E-state index contributed by atoms with van der Waals surface area (Å²) in [4.78, 5) is 2.25. The lowest BCUT2D eigenvalue weighted by Gasteiger charge is -2.23. The minimum absolute atomic E-state index is 0.0283. The molecule has 0 aromatic carbocycles. The number of unbranched alkanes of at least 4 members (excludes halogenated alkanes) is 28. The third-order valence-corrected chi connectivity index (χ3v) is 12.9. The van der Waals surface area contributed by atoms with Gasteiger partial charge in [-0.3, -0.25) is 0 Å². The van der Waals surface area contributed by atoms with E-state index in [1.165, 1.54) is 199 Å². The van der Waals surface area contributed by atoms with E-state index in [1.54, 1.807) is 0 Å². The number of hydrogen-bond acceptors (Lipinski definition) is 5. The van der Waals surface area contributed by atoms with Gasteiger partial charge in [-0.15, -0.1) is 0 Å². The highest BCUT2D eigenvalue weighted by molar-refractivity contribution is 4.94. The molecule has 0 N–H and O–H groups in total. The van der Waals surface area contributed by atoms with Crippen molar-refractivity contribution >= 4 is 0 Å². The molecule has 0 aliphatic heterocycles. The van der Waals surface area contributed by atoms with Crippen molar-refractivity contribution in [3.8, 4) is 0 Å². The van der Waals surface area contributed by atoms with Crippen LogP contribution in [0.2, 0.25) is 0 Å². The van der Waals surface area contributed by atoms with Crippen LogP contribution in [0.25, 0.3) is 0 Å². The van der Waals surface area contributed by atoms with Crippen LogP contribution in [0.3, 0.4) is 0 Å². The van der Waals surface area contributed by atoms with Crippen molar-refractivity contribution in [2.75, 3.05) is 60.3 Å². The van der Waals surface area contributed by atoms with Crippen molar-refractivity contribution in [2.45, 2.75) is 277 Å². The molecule has 0 aromatic rings. The molecular weight excluding hydrogens is 847 g/mol. The van der Waals surface area contributed by atoms with E-state index in [1.807, 2.05) is 0 Å². The standard InChI is InChI=1S/C64H119NO4/c1-6-9-12-15-18-21-24-27-30-33-34-37-40-43-46-49-52-57-66-61-64(69-59-54-51-48-45-42-39-36-32-29-26-23-20-17-14-11-8-3)62-67-60-63(55-56-65(4)5)68-58-53-50-47-44-41-38-35-31-28-25-22-19-16-13-10-7-2/h19-24,28-33,63-64H,6-18,25-27,34-62H2,1-5H3/b22-19-,23-20-,24-21-,31-28-,32-29-,33-30-. The Labute approximate surface area is 432 Å². The van der Waals surface area contributed by atoms with Crippen LogP contribution in [0.1, 0.15) is 265 Å². The number of allylic oxidation sites excluding steroid dienone is 12. The third kappa shape index (κ3) is 58.7. The second kappa shape index (κ2) is 60.5. The van der Waals surface area contributed by atoms with Crippen molar-refractivity contribution in [1.82, 2.24) is 4.90 Å². The quantitative estimate of drug-likeness (QED) is 0.0449. The highest BCUT2D eigenvalue weighted by atomic mass is 16.6. The zero-order chi connectivity index (χ0) is 49.9. The number of nitrogens with zero attached hydrogens (tertiary/aromatic N) is 1. The largest absolute Gasteiger partial charge is 0.379 e. The number of ether oxygens (including phenoxy) is 4. The maximum absolute atomic E-state index is 6.45. The van der Waals surface area contributed by atoms with Gasteiger partial charge in [0.05, 0.1) is 25.9 Å². The van der Waals surface area contributed by atoms with Gasteiger partial charge < -0.3 is 23.8 Å². The van der Waals surface area contributed by atoms with E-state index < -0.39 is 0 Å². The smallest absolute Gasteiger partial charge is 0.104 e. The molecule has 0 aliphatic rings. The Morgan fingerprint density at radius 3 is 0.986 bits per heavy atom. The maximum atomic E-state index is 6.45. The molecule has 0 amide bonds. The lowest BCUT2D eigenvalue weighted by atomic mass is 10.1. The molecule has 0 aliphatic carbocycles. The van der Waals surface area contributed by atoms with Crippen LogP contribution < -0.4 is 0 Å². The van der Waals surface area contributed by atoms with Gasteiger partial charge >= 0.3 is 0 Å². The van der Waals surface area contributed by atoms with Crippen LogP contribution in [-0.2, 0) is 18.9 Å². The minimum atomic E-state index is -0.0283. The Morgan fingerprint density at radius 1 is 0.304 bits per heavy atom. The summed E-state index contributed by atoms with van der Waals surface area (Å²) in [6.07, 6.45) is 76.1. The minimum Gasteiger partial charge on any atom is -0.379 e. The van der Waals surface area contributed by atoms with E-state index >= 15 is 0 Å². The second-order valence-corrected chi connectivity index (χ2v) is 20.3. The van der Waals surface area contributed by atoms with Crippen LogP contribution >= 0.6 is 0 Å². The van der Waals surface area contributed by atoms with Gasteiger partial charge in [0.15, 0.2) is 0 Å². The molecule has 2 unspecified atom stereocenters. The van der Waals surface area contributed by atoms with Gasteiger partial charge in [0, 0.05) is 26.4 Å². The van der Waals surface area contributed by atoms with Gasteiger partial charge in [-0.2, -0.15) is 0 Å². The first kappa shape index (κ1) is 67.2. The molecular formula is C64H119NO4. The van der Waals surface area contributed by atoms with E-state index in [0.717, 1.165) is 71.3 Å². The van der Waals surface area contributed by atoms with Crippen LogP contribution in [0.4, 0.5) is 0 Å². The first-order chi connectivity index (χ1) is 34.1. The van der Waals surface area contributed by atoms with Gasteiger partial charge in [-0.25, -0.2) is 0 Å². The summed E-state index contributed by atoms with van der Waals surface area (Å²) >= 11 is 0. The zero-order valence-electron chi connectivity index (χ0n) is 47.0. The summed E-state index contributed by atoms with van der Waals surface area (Å²) in [5.41, 5.74) is 0. The van der Waals surface area contributed by atoms with Crippen LogP contribution in [0, 0.1) is 0 Å². The molecule has 0 bridgehead atoms. The van der Waals surface area contributed by atoms with Crippen LogP contribution in [0.5, 0.6) is 0 Å². The van der Waals surface area contributed by atoms with Gasteiger partial charge in [-0.05, 0) is 136 Å². The Hall–Kier alpha value is -1.76. The molecule has 5 nitrogen and oxygen atoms in total. The third-order valence-electron chi connectivity index (χ3n) is 12.9. The van der Waals surface area contributed by atoms with Crippen LogP contribution in [0.15, 0.2) is 72.9 Å². The molecule has 0 fully saturated rings. The fraction of sp³-hybridized carbons (Fsp3) is 0.812. The fourth-order valence-corrected chi connectivity index (χ4v) is 8.36. The summed E-state index contributed by atoms with van der Waals surface area (Å²) in [7, 11) is 4.29. The molecule has 0 saturated carbocycles. The maximum Gasteiger partial charge on any atom is 0.104 e. The number of rotatable bonds is 57. The van der Waals surface area contributed by atoms with Gasteiger partial charge in [0.25, 0.3) is 0 Å². The van der Waals surface area contributed by atoms with Gasteiger partial charge in [0.1, 0.15) is 6.10 Å². The SMILES string of the molecule is CCCCC/C=C\C/C=C\CCCCCCCCOC(CCN(C)C)COCC(COCCCCCCCC/C=C\C/C=C\CCCCCC)OCCCCCCCC/C=C\C/C=C\CCCCC. The first-order valence-electron chi connectivity index (χ1n) is 30.1. The summed E-state index contributed by atoms with van der Waals surface area (Å²) in [5, 5.41) is 0. The average Bonchev–Trinajstić information content (AvgIpc) is 3.35. The predicted molar refractivity (Wildman–Crippen MR) is 307 cm³/mol. The van der Waals surface area contributed by atoms with Crippen molar-refractivity contribution in [2.24, 2.45) is 0 Å². The van der Waals surface area contributed by atoms with Crippen LogP contribution in [-0.4, -0.2) is 77.4 Å². The second-order valence-electron chi connectivity index (χ2n) is 20.3. The van der Waals surface area contributed by atoms with E-state index in [-0.39, 0.29) is 12.2 Å². The zero-order valence-corrected chi connectivity index (χ0v) is 47.0. The normalized spacial score (nSPS) is 13.5. The predicted octanol–water partition coefficient (Wildman–Crippen LogP) is 19.6. The summed E-state index contributed by atoms with van der Waals surface area (Å²) < 4.78 is 25.5. The van der Waals surface area contributed by atoms with Crippen molar-refractivity contribution in [1.29, 1.82) is 0 Å². The molecule has 404 valence electrons. The Balaban J connectivity index is 4.53. The topological polar surface area (TPSA) is 40.2 Å². The highest BCUT2D eigenvalue weighted by Crippen LogP contribution is 2.13. The summed E-state index contributed by atoms with van der Waals surface area (Å²) in [6.45, 7) is 12.0. The molecule has 5 heteroatoms. The molecule has 2 atom stereocenters. The lowest BCUT2D eigenvalue weighted by Crippen LogP contribution is -2.31. The Kier molecular flexibility index (Phi) is 59.0. The van der Waals surface area contributed by atoms with E-state index in [2.05, 4.69) is 113 Å². The molecule has 0 aromatic heterocycles. The van der Waals surface area contributed by atoms with Gasteiger partial charge in [-0.1, -0.05) is 216 Å². The monoisotopic (exact) mass is 966 g/mol. The first-order valence-corrected chi connectivity index (χ1v) is 30.1. The fourth-order valence-electron chi connectivity index (χ4n) is 8.36. The average molecular weight is 967 g/mol. The van der Waals surface area contributed by atoms with E-state index in [0.29, 0.717) is 19.8 Å².